The highest BCUT2D eigenvalue weighted by molar-refractivity contribution is 6.34. The summed E-state index contributed by atoms with van der Waals surface area (Å²) in [7, 11) is 0. The molecular formula is C20H13N3O3. The fourth-order valence-corrected chi connectivity index (χ4v) is 2.82. The average molecular weight is 343 g/mol. The molecule has 0 radical (unpaired) electrons. The maximum absolute atomic E-state index is 12.5. The first-order valence-electron chi connectivity index (χ1n) is 7.94. The average Bonchev–Trinajstić information content (AvgIpc) is 2.94. The Kier molecular flexibility index (Phi) is 3.78. The molecule has 0 fully saturated rings. The number of carbonyl (C=O) groups excluding carboxylic acids is 3. The predicted octanol–water partition coefficient (Wildman–Crippen LogP) is 3.13. The first-order chi connectivity index (χ1) is 12.6. The van der Waals surface area contributed by atoms with Crippen LogP contribution in [0.25, 0.3) is 0 Å². The van der Waals surface area contributed by atoms with Crippen LogP contribution in [-0.4, -0.2) is 22.7 Å². The van der Waals surface area contributed by atoms with E-state index in [2.05, 4.69) is 10.3 Å². The number of pyridine rings is 1. The van der Waals surface area contributed by atoms with Crippen LogP contribution in [0.2, 0.25) is 0 Å². The number of benzene rings is 2. The van der Waals surface area contributed by atoms with Gasteiger partial charge in [-0.05, 0) is 48.5 Å². The number of anilines is 2. The van der Waals surface area contributed by atoms with Crippen LogP contribution < -0.4 is 10.2 Å². The van der Waals surface area contributed by atoms with E-state index in [1.54, 1.807) is 73.1 Å². The van der Waals surface area contributed by atoms with Crippen molar-refractivity contribution in [2.45, 2.75) is 0 Å². The largest absolute Gasteiger partial charge is 0.322 e. The molecule has 1 aliphatic rings. The number of amides is 3. The van der Waals surface area contributed by atoms with E-state index in [-0.39, 0.29) is 17.7 Å². The molecule has 1 N–H and O–H groups in total. The van der Waals surface area contributed by atoms with Gasteiger partial charge in [0.05, 0.1) is 16.8 Å². The van der Waals surface area contributed by atoms with Crippen LogP contribution in [0, 0.1) is 0 Å². The van der Waals surface area contributed by atoms with Crippen molar-refractivity contribution in [3.63, 3.8) is 0 Å². The Hall–Kier alpha value is -3.80. The second kappa shape index (κ2) is 6.25. The van der Waals surface area contributed by atoms with E-state index in [0.29, 0.717) is 28.1 Å². The molecule has 3 amide bonds. The number of imide groups is 1. The molecule has 6 heteroatoms. The van der Waals surface area contributed by atoms with Crippen molar-refractivity contribution in [1.29, 1.82) is 0 Å². The van der Waals surface area contributed by atoms with Gasteiger partial charge in [0.25, 0.3) is 17.7 Å². The number of carbonyl (C=O) groups is 3. The van der Waals surface area contributed by atoms with Crippen molar-refractivity contribution >= 4 is 29.1 Å². The lowest BCUT2D eigenvalue weighted by Crippen LogP contribution is -2.29. The molecule has 3 aromatic rings. The Morgan fingerprint density at radius 2 is 1.38 bits per heavy atom. The van der Waals surface area contributed by atoms with Gasteiger partial charge < -0.3 is 5.32 Å². The van der Waals surface area contributed by atoms with Gasteiger partial charge in [-0.1, -0.05) is 12.1 Å². The summed E-state index contributed by atoms with van der Waals surface area (Å²) in [5.74, 6) is -1.01. The third-order valence-corrected chi connectivity index (χ3v) is 4.12. The molecule has 2 aromatic carbocycles. The number of fused-ring (bicyclic) bond motifs is 1. The molecule has 6 nitrogen and oxygen atoms in total. The second-order valence-electron chi connectivity index (χ2n) is 5.73. The van der Waals surface area contributed by atoms with Crippen molar-refractivity contribution in [1.82, 2.24) is 4.98 Å². The third kappa shape index (κ3) is 2.63. The number of aromatic nitrogens is 1. The van der Waals surface area contributed by atoms with Gasteiger partial charge in [0.15, 0.2) is 0 Å². The van der Waals surface area contributed by atoms with Crippen LogP contribution >= 0.6 is 0 Å². The quantitative estimate of drug-likeness (QED) is 0.741. The summed E-state index contributed by atoms with van der Waals surface area (Å²) in [6.07, 6.45) is 3.17. The van der Waals surface area contributed by atoms with Gasteiger partial charge in [-0.25, -0.2) is 4.90 Å². The van der Waals surface area contributed by atoms with Gasteiger partial charge in [0, 0.05) is 23.6 Å². The summed E-state index contributed by atoms with van der Waals surface area (Å²) in [6, 6.07) is 16.4. The zero-order chi connectivity index (χ0) is 18.1. The summed E-state index contributed by atoms with van der Waals surface area (Å²) in [5, 5.41) is 2.75. The Balaban J connectivity index is 1.56. The van der Waals surface area contributed by atoms with Gasteiger partial charge in [0.1, 0.15) is 0 Å². The van der Waals surface area contributed by atoms with Crippen LogP contribution in [0.3, 0.4) is 0 Å². The van der Waals surface area contributed by atoms with Gasteiger partial charge in [-0.15, -0.1) is 0 Å². The predicted molar refractivity (Wildman–Crippen MR) is 96.2 cm³/mol. The number of rotatable bonds is 3. The zero-order valence-electron chi connectivity index (χ0n) is 13.5. The van der Waals surface area contributed by atoms with Gasteiger partial charge in [-0.2, -0.15) is 0 Å². The normalized spacial score (nSPS) is 12.8. The van der Waals surface area contributed by atoms with E-state index < -0.39 is 0 Å². The number of hydrogen-bond acceptors (Lipinski definition) is 4. The Labute approximate surface area is 149 Å². The molecular weight excluding hydrogens is 330 g/mol. The van der Waals surface area contributed by atoms with Crippen LogP contribution in [0.15, 0.2) is 73.1 Å². The fraction of sp³-hybridized carbons (Fsp3) is 0. The van der Waals surface area contributed by atoms with Crippen LogP contribution in [0.1, 0.15) is 31.1 Å². The van der Waals surface area contributed by atoms with Crippen LogP contribution in [0.4, 0.5) is 11.4 Å². The highest BCUT2D eigenvalue weighted by Gasteiger charge is 2.36. The minimum atomic E-state index is -0.361. The molecule has 0 spiro atoms. The van der Waals surface area contributed by atoms with Crippen LogP contribution in [0.5, 0.6) is 0 Å². The highest BCUT2D eigenvalue weighted by Crippen LogP contribution is 2.28. The molecule has 0 saturated heterocycles. The molecule has 0 atom stereocenters. The van der Waals surface area contributed by atoms with Crippen LogP contribution in [-0.2, 0) is 0 Å². The summed E-state index contributed by atoms with van der Waals surface area (Å²) in [4.78, 5) is 42.3. The monoisotopic (exact) mass is 343 g/mol. The Morgan fingerprint density at radius 3 is 1.96 bits per heavy atom. The summed E-state index contributed by atoms with van der Waals surface area (Å²) < 4.78 is 0. The lowest BCUT2D eigenvalue weighted by Gasteiger charge is -2.14. The first kappa shape index (κ1) is 15.7. The second-order valence-corrected chi connectivity index (χ2v) is 5.73. The molecule has 0 aliphatic carbocycles. The van der Waals surface area contributed by atoms with E-state index in [1.165, 1.54) is 0 Å². The van der Waals surface area contributed by atoms with Crippen molar-refractivity contribution < 1.29 is 14.4 Å². The molecule has 4 rings (SSSR count). The summed E-state index contributed by atoms with van der Waals surface area (Å²) in [6.45, 7) is 0. The standard InChI is InChI=1S/C20H13N3O3/c24-18(22-14-9-11-21-12-10-14)13-5-7-15(8-6-13)23-19(25)16-3-1-2-4-17(16)20(23)26/h1-12H,(H,21,22,24). The highest BCUT2D eigenvalue weighted by atomic mass is 16.2. The van der Waals surface area contributed by atoms with Crippen molar-refractivity contribution in [2.24, 2.45) is 0 Å². The molecule has 0 unspecified atom stereocenters. The minimum absolute atomic E-state index is 0.287. The van der Waals surface area contributed by atoms with Gasteiger partial charge in [-0.3, -0.25) is 19.4 Å². The minimum Gasteiger partial charge on any atom is -0.322 e. The van der Waals surface area contributed by atoms with Crippen molar-refractivity contribution in [3.8, 4) is 0 Å². The zero-order valence-corrected chi connectivity index (χ0v) is 13.5. The fourth-order valence-electron chi connectivity index (χ4n) is 2.82. The van der Waals surface area contributed by atoms with E-state index in [4.69, 9.17) is 0 Å². The van der Waals surface area contributed by atoms with Gasteiger partial charge >= 0.3 is 0 Å². The summed E-state index contributed by atoms with van der Waals surface area (Å²) in [5.41, 5.74) is 2.25. The molecule has 0 bridgehead atoms. The number of nitrogens with zero attached hydrogens (tertiary/aromatic N) is 2. The molecule has 2 heterocycles. The number of hydrogen-bond donors (Lipinski definition) is 1. The third-order valence-electron chi connectivity index (χ3n) is 4.12. The van der Waals surface area contributed by atoms with E-state index in [9.17, 15) is 14.4 Å². The molecule has 1 aromatic heterocycles. The van der Waals surface area contributed by atoms with E-state index >= 15 is 0 Å². The molecule has 126 valence electrons. The van der Waals surface area contributed by atoms with Crippen molar-refractivity contribution in [2.75, 3.05) is 10.2 Å². The van der Waals surface area contributed by atoms with Crippen molar-refractivity contribution in [3.05, 3.63) is 89.7 Å². The van der Waals surface area contributed by atoms with E-state index in [1.807, 2.05) is 0 Å². The smallest absolute Gasteiger partial charge is 0.266 e. The summed E-state index contributed by atoms with van der Waals surface area (Å²) >= 11 is 0. The topological polar surface area (TPSA) is 79.4 Å². The number of nitrogens with one attached hydrogen (secondary N) is 1. The Morgan fingerprint density at radius 1 is 0.808 bits per heavy atom. The molecule has 0 saturated carbocycles. The SMILES string of the molecule is O=C(Nc1ccncc1)c1ccc(N2C(=O)c3ccccc3C2=O)cc1. The first-order valence-corrected chi connectivity index (χ1v) is 7.94. The van der Waals surface area contributed by atoms with E-state index in [0.717, 1.165) is 4.90 Å². The lowest BCUT2D eigenvalue weighted by molar-refractivity contribution is 0.0925. The lowest BCUT2D eigenvalue weighted by atomic mass is 10.1. The maximum atomic E-state index is 12.5. The molecule has 26 heavy (non-hydrogen) atoms. The maximum Gasteiger partial charge on any atom is 0.266 e. The Bertz CT molecular complexity index is 979. The molecule has 1 aliphatic heterocycles. The van der Waals surface area contributed by atoms with Gasteiger partial charge in [0.2, 0.25) is 0 Å².